The van der Waals surface area contributed by atoms with Gasteiger partial charge in [0.1, 0.15) is 0 Å². The molecule has 0 saturated carbocycles. The fourth-order valence-electron chi connectivity index (χ4n) is 2.05. The third-order valence-corrected chi connectivity index (χ3v) is 3.00. The predicted molar refractivity (Wildman–Crippen MR) is 70.5 cm³/mol. The van der Waals surface area contributed by atoms with Gasteiger partial charge in [-0.1, -0.05) is 6.07 Å². The molecule has 2 aromatic rings. The van der Waals surface area contributed by atoms with E-state index in [1.54, 1.807) is 30.7 Å². The molecule has 22 heavy (non-hydrogen) atoms. The van der Waals surface area contributed by atoms with Crippen LogP contribution in [0.5, 0.6) is 0 Å². The summed E-state index contributed by atoms with van der Waals surface area (Å²) in [5.41, 5.74) is 0.464. The molecule has 0 aromatic carbocycles. The van der Waals surface area contributed by atoms with Crippen LogP contribution in [0, 0.1) is 0 Å². The van der Waals surface area contributed by atoms with Crippen molar-refractivity contribution in [3.8, 4) is 0 Å². The van der Waals surface area contributed by atoms with E-state index < -0.39 is 18.1 Å². The highest BCUT2D eigenvalue weighted by Crippen LogP contribution is 2.32. The van der Waals surface area contributed by atoms with E-state index in [2.05, 4.69) is 14.9 Å². The van der Waals surface area contributed by atoms with Gasteiger partial charge in [0.25, 0.3) is 5.91 Å². The van der Waals surface area contributed by atoms with E-state index in [-0.39, 0.29) is 5.69 Å². The second-order valence-electron chi connectivity index (χ2n) is 4.31. The minimum atomic E-state index is -3.16. The molecule has 2 rings (SSSR count). The molecule has 0 radical (unpaired) electrons. The molecule has 0 fully saturated rings. The number of hydrogen-bond donors (Lipinski definition) is 1. The quantitative estimate of drug-likeness (QED) is 0.804. The third-order valence-electron chi connectivity index (χ3n) is 3.00. The number of carbonyl (C=O) groups is 1. The summed E-state index contributed by atoms with van der Waals surface area (Å²) in [5, 5.41) is 3.97. The number of rotatable bonds is 6. The number of nitrogens with zero attached hydrogens (tertiary/aromatic N) is 3. The highest BCUT2D eigenvalue weighted by atomic mass is 19.3. The van der Waals surface area contributed by atoms with Crippen LogP contribution in [0.4, 0.5) is 8.78 Å². The zero-order chi connectivity index (χ0) is 16.2. The topological polar surface area (TPSA) is 78.3 Å². The number of amides is 1. The van der Waals surface area contributed by atoms with Crippen LogP contribution >= 0.6 is 0 Å². The van der Waals surface area contributed by atoms with E-state index in [1.165, 1.54) is 30.4 Å². The monoisotopic (exact) mass is 312 g/mol. The zero-order valence-corrected chi connectivity index (χ0v) is 11.9. The second kappa shape index (κ2) is 6.58. The van der Waals surface area contributed by atoms with Gasteiger partial charge < -0.3 is 4.74 Å². The van der Waals surface area contributed by atoms with Crippen LogP contribution in [0.3, 0.4) is 0 Å². The molecule has 118 valence electrons. The Bertz CT molecular complexity index is 635. The maximum Gasteiger partial charge on any atom is 0.364 e. The Labute approximate surface area is 124 Å². The van der Waals surface area contributed by atoms with E-state index in [0.29, 0.717) is 5.56 Å². The summed E-state index contributed by atoms with van der Waals surface area (Å²) in [7, 11) is 2.92. The van der Waals surface area contributed by atoms with Crippen LogP contribution in [0.15, 0.2) is 36.8 Å². The van der Waals surface area contributed by atoms with Gasteiger partial charge in [0.15, 0.2) is 0 Å². The molecule has 0 saturated heterocycles. The third kappa shape index (κ3) is 2.95. The maximum atomic E-state index is 12.4. The van der Waals surface area contributed by atoms with Gasteiger partial charge in [-0.2, -0.15) is 13.9 Å². The number of alkyl halides is 2. The second-order valence-corrected chi connectivity index (χ2v) is 4.31. The molecule has 7 nitrogen and oxygen atoms in total. The lowest BCUT2D eigenvalue weighted by molar-refractivity contribution is -0.194. The molecular weight excluding hydrogens is 298 g/mol. The van der Waals surface area contributed by atoms with Crippen LogP contribution in [0.1, 0.15) is 11.3 Å². The lowest BCUT2D eigenvalue weighted by atomic mass is 9.91. The average molecular weight is 312 g/mol. The van der Waals surface area contributed by atoms with Crippen molar-refractivity contribution in [1.29, 1.82) is 0 Å². The molecule has 9 heteroatoms. The Kier molecular flexibility index (Phi) is 4.78. The number of methoxy groups -OCH3 is 1. The molecule has 1 atom stereocenters. The molecule has 0 bridgehead atoms. The Balaban J connectivity index is 2.50. The Hall–Kier alpha value is -2.39. The van der Waals surface area contributed by atoms with Gasteiger partial charge in [0, 0.05) is 32.1 Å². The van der Waals surface area contributed by atoms with Crippen molar-refractivity contribution in [3.05, 3.63) is 48.0 Å². The number of ether oxygens (including phenoxy) is 1. The van der Waals surface area contributed by atoms with Gasteiger partial charge in [-0.25, -0.2) is 10.3 Å². The van der Waals surface area contributed by atoms with Crippen molar-refractivity contribution in [2.45, 2.75) is 12.2 Å². The SMILES string of the molecule is COC(C(=O)NOC(F)F)(c1cnn(C)c1)c1ccccn1. The molecule has 0 spiro atoms. The summed E-state index contributed by atoms with van der Waals surface area (Å²) in [6.07, 6.45) is 4.38. The van der Waals surface area contributed by atoms with Crippen LogP contribution < -0.4 is 5.48 Å². The first-order chi connectivity index (χ1) is 10.5. The summed E-state index contributed by atoms with van der Waals surface area (Å²) in [4.78, 5) is 20.4. The van der Waals surface area contributed by atoms with Gasteiger partial charge in [0.2, 0.25) is 5.60 Å². The Morgan fingerprint density at radius 3 is 2.73 bits per heavy atom. The van der Waals surface area contributed by atoms with Crippen LogP contribution in [0.25, 0.3) is 0 Å². The Morgan fingerprint density at radius 2 is 2.23 bits per heavy atom. The lowest BCUT2D eigenvalue weighted by Gasteiger charge is -2.29. The summed E-state index contributed by atoms with van der Waals surface area (Å²) >= 11 is 0. The fraction of sp³-hybridized carbons (Fsp3) is 0.308. The molecule has 2 aromatic heterocycles. The number of pyridine rings is 1. The largest absolute Gasteiger partial charge is 0.364 e. The van der Waals surface area contributed by atoms with Gasteiger partial charge in [0.05, 0.1) is 11.9 Å². The normalized spacial score (nSPS) is 13.9. The zero-order valence-electron chi connectivity index (χ0n) is 11.9. The smallest absolute Gasteiger partial charge is 0.358 e. The summed E-state index contributed by atoms with van der Waals surface area (Å²) in [6, 6.07) is 4.84. The van der Waals surface area contributed by atoms with Crippen LogP contribution in [-0.2, 0) is 27.0 Å². The van der Waals surface area contributed by atoms with Gasteiger partial charge in [-0.15, -0.1) is 0 Å². The van der Waals surface area contributed by atoms with E-state index >= 15 is 0 Å². The molecule has 1 amide bonds. The first kappa shape index (κ1) is 16.0. The minimum absolute atomic E-state index is 0.209. The molecule has 0 aliphatic rings. The molecule has 0 aliphatic heterocycles. The van der Waals surface area contributed by atoms with Gasteiger partial charge >= 0.3 is 6.61 Å². The summed E-state index contributed by atoms with van der Waals surface area (Å²) in [5.74, 6) is -0.943. The number of aryl methyl sites for hydroxylation is 1. The molecule has 2 heterocycles. The van der Waals surface area contributed by atoms with Crippen molar-refractivity contribution in [2.75, 3.05) is 7.11 Å². The predicted octanol–water partition coefficient (Wildman–Crippen LogP) is 0.975. The highest BCUT2D eigenvalue weighted by molar-refractivity contribution is 5.89. The first-order valence-electron chi connectivity index (χ1n) is 6.20. The van der Waals surface area contributed by atoms with Crippen molar-refractivity contribution in [3.63, 3.8) is 0 Å². The van der Waals surface area contributed by atoms with Crippen molar-refractivity contribution in [2.24, 2.45) is 7.05 Å². The maximum absolute atomic E-state index is 12.4. The van der Waals surface area contributed by atoms with Crippen molar-refractivity contribution >= 4 is 5.91 Å². The molecule has 1 unspecified atom stereocenters. The number of carbonyl (C=O) groups excluding carboxylic acids is 1. The fourth-order valence-corrected chi connectivity index (χ4v) is 2.05. The van der Waals surface area contributed by atoms with E-state index in [9.17, 15) is 13.6 Å². The summed E-state index contributed by atoms with van der Waals surface area (Å²) in [6.45, 7) is -3.16. The van der Waals surface area contributed by atoms with E-state index in [4.69, 9.17) is 4.74 Å². The number of hydrogen-bond acceptors (Lipinski definition) is 5. The number of hydroxylamine groups is 1. The van der Waals surface area contributed by atoms with Crippen LogP contribution in [-0.4, -0.2) is 34.4 Å². The minimum Gasteiger partial charge on any atom is -0.358 e. The van der Waals surface area contributed by atoms with Gasteiger partial charge in [-0.05, 0) is 12.1 Å². The standard InChI is InChI=1S/C13H14F2N4O3/c1-19-8-9(7-17-19)13(21-2,10-5-3-4-6-16-10)11(20)18-22-12(14)15/h3-8,12H,1-2H3,(H,18,20). The number of aromatic nitrogens is 3. The number of nitrogens with one attached hydrogen (secondary N) is 1. The highest BCUT2D eigenvalue weighted by Gasteiger charge is 2.45. The van der Waals surface area contributed by atoms with Gasteiger partial charge in [-0.3, -0.25) is 14.5 Å². The number of halogens is 2. The molecule has 0 aliphatic carbocycles. The lowest BCUT2D eigenvalue weighted by Crippen LogP contribution is -2.47. The Morgan fingerprint density at radius 1 is 1.45 bits per heavy atom. The molecular formula is C13H14F2N4O3. The first-order valence-corrected chi connectivity index (χ1v) is 6.20. The van der Waals surface area contributed by atoms with E-state index in [0.717, 1.165) is 0 Å². The molecule has 1 N–H and O–H groups in total. The van der Waals surface area contributed by atoms with Crippen molar-refractivity contribution < 1.29 is 23.1 Å². The summed E-state index contributed by atoms with van der Waals surface area (Å²) < 4.78 is 31.2. The van der Waals surface area contributed by atoms with Crippen molar-refractivity contribution in [1.82, 2.24) is 20.2 Å². The average Bonchev–Trinajstić information content (AvgIpc) is 2.94. The van der Waals surface area contributed by atoms with E-state index in [1.807, 2.05) is 0 Å². The van der Waals surface area contributed by atoms with Crippen LogP contribution in [0.2, 0.25) is 0 Å².